The van der Waals surface area contributed by atoms with Gasteiger partial charge in [-0.3, -0.25) is 0 Å². The van der Waals surface area contributed by atoms with Gasteiger partial charge in [0.25, 0.3) is 0 Å². The van der Waals surface area contributed by atoms with Gasteiger partial charge >= 0.3 is 6.36 Å². The third-order valence-corrected chi connectivity index (χ3v) is 11.3. The van der Waals surface area contributed by atoms with Gasteiger partial charge in [-0.25, -0.2) is 9.67 Å². The van der Waals surface area contributed by atoms with Crippen molar-refractivity contribution in [2.75, 3.05) is 5.32 Å². The molecule has 62 heavy (non-hydrogen) atoms. The van der Waals surface area contributed by atoms with Gasteiger partial charge in [-0.15, -0.1) is 18.3 Å². The van der Waals surface area contributed by atoms with E-state index in [1.807, 2.05) is 150 Å². The Hall–Kier alpha value is -7.24. The topological polar surface area (TPSA) is 74.1 Å². The number of nitrogens with zero attached hydrogens (tertiary/aromatic N) is 4. The maximum atomic E-state index is 13.7. The van der Waals surface area contributed by atoms with Crippen molar-refractivity contribution in [3.8, 4) is 11.5 Å². The second-order valence-electron chi connectivity index (χ2n) is 14.5. The molecule has 0 atom stereocenters. The fourth-order valence-corrected chi connectivity index (χ4v) is 8.52. The van der Waals surface area contributed by atoms with Crippen LogP contribution in [0.2, 0.25) is 0 Å². The van der Waals surface area contributed by atoms with Gasteiger partial charge in [0.05, 0.1) is 0 Å². The second-order valence-corrected chi connectivity index (χ2v) is 15.5. The largest absolute Gasteiger partial charge is 0.573 e. The summed E-state index contributed by atoms with van der Waals surface area (Å²) in [4.78, 5) is 5.40. The molecule has 1 N–H and O–H groups in total. The number of halogens is 4. The lowest BCUT2D eigenvalue weighted by Crippen LogP contribution is -2.39. The minimum atomic E-state index is -4.93. The van der Waals surface area contributed by atoms with Crippen LogP contribution in [0, 0.1) is 0 Å². The number of nitrogens with one attached hydrogen (secondary N) is 1. The van der Waals surface area contributed by atoms with Gasteiger partial charge in [0, 0.05) is 16.1 Å². The number of fused-ring (bicyclic) bond motifs is 1. The first-order valence-corrected chi connectivity index (χ1v) is 20.6. The zero-order valence-corrected chi connectivity index (χ0v) is 34.5. The van der Waals surface area contributed by atoms with Crippen molar-refractivity contribution in [1.82, 2.24) is 20.0 Å². The van der Waals surface area contributed by atoms with Crippen LogP contribution in [-0.2, 0) is 17.7 Å². The summed E-state index contributed by atoms with van der Waals surface area (Å²) in [6, 6.07) is 66.5. The van der Waals surface area contributed by atoms with E-state index < -0.39 is 23.2 Å². The molecule has 0 unspecified atom stereocenters. The standard InChI is InChI=1S/C51H37BrF3N5O2/c52-43-32-31-36(44(33-43)62-51(53,54)55)35-61-45-34-46(57-49(37-19-7-1-8-20-37,38-21-9-2-10-22-38)39-23-11-3-12-24-39)56-48-47(45)58-59-60(48)50(40-25-13-4-14-26-40,41-27-15-5-16-28-41)42-29-17-6-18-30-42/h1-34H,35H2,(H,56,57). The lowest BCUT2D eigenvalue weighted by molar-refractivity contribution is -0.275. The first kappa shape index (κ1) is 40.2. The van der Waals surface area contributed by atoms with Crippen LogP contribution < -0.4 is 14.8 Å². The average Bonchev–Trinajstić information content (AvgIpc) is 3.74. The zero-order chi connectivity index (χ0) is 42.6. The molecule has 306 valence electrons. The van der Waals surface area contributed by atoms with Gasteiger partial charge in [-0.05, 0) is 45.5 Å². The maximum Gasteiger partial charge on any atom is 0.573 e. The summed E-state index contributed by atoms with van der Waals surface area (Å²) in [5, 5.41) is 13.5. The minimum absolute atomic E-state index is 0.164. The Balaban J connectivity index is 1.32. The molecule has 0 aliphatic carbocycles. The minimum Gasteiger partial charge on any atom is -0.486 e. The smallest absolute Gasteiger partial charge is 0.486 e. The quantitative estimate of drug-likeness (QED) is 0.116. The highest BCUT2D eigenvalue weighted by Crippen LogP contribution is 2.45. The number of hydrogen-bond donors (Lipinski definition) is 1. The van der Waals surface area contributed by atoms with Crippen molar-refractivity contribution in [2.45, 2.75) is 24.0 Å². The van der Waals surface area contributed by atoms with Crippen LogP contribution in [0.15, 0.2) is 211 Å². The van der Waals surface area contributed by atoms with Crippen LogP contribution in [0.5, 0.6) is 11.5 Å². The molecule has 7 aromatic carbocycles. The summed E-state index contributed by atoms with van der Waals surface area (Å²) < 4.78 is 54.3. The highest BCUT2D eigenvalue weighted by atomic mass is 79.9. The van der Waals surface area contributed by atoms with Crippen LogP contribution in [0.25, 0.3) is 11.2 Å². The number of ether oxygens (including phenoxy) is 2. The van der Waals surface area contributed by atoms with E-state index in [-0.39, 0.29) is 17.9 Å². The molecule has 2 heterocycles. The van der Waals surface area contributed by atoms with Crippen molar-refractivity contribution in [2.24, 2.45) is 0 Å². The molecule has 0 fully saturated rings. The molecular weight excluding hydrogens is 851 g/mol. The van der Waals surface area contributed by atoms with E-state index in [1.54, 1.807) is 12.1 Å². The lowest BCUT2D eigenvalue weighted by atomic mass is 9.77. The van der Waals surface area contributed by atoms with Crippen molar-refractivity contribution in [1.29, 1.82) is 0 Å². The van der Waals surface area contributed by atoms with Crippen molar-refractivity contribution < 1.29 is 22.6 Å². The summed E-state index contributed by atoms with van der Waals surface area (Å²) in [6.07, 6.45) is -4.93. The molecule has 0 aliphatic rings. The van der Waals surface area contributed by atoms with Crippen LogP contribution >= 0.6 is 15.9 Å². The second kappa shape index (κ2) is 17.0. The molecule has 9 aromatic rings. The maximum absolute atomic E-state index is 13.7. The van der Waals surface area contributed by atoms with Gasteiger partial charge in [-0.1, -0.05) is 209 Å². The SMILES string of the molecule is FC(F)(F)Oc1cc(Br)ccc1COc1cc(NC(c2ccccc2)(c2ccccc2)c2ccccc2)nc2c1nnn2C(c1ccccc1)(c1ccccc1)c1ccccc1. The molecule has 9 rings (SSSR count). The van der Waals surface area contributed by atoms with E-state index in [4.69, 9.17) is 20.0 Å². The van der Waals surface area contributed by atoms with Gasteiger partial charge in [0.2, 0.25) is 0 Å². The normalized spacial score (nSPS) is 11.9. The van der Waals surface area contributed by atoms with Gasteiger partial charge in [0.1, 0.15) is 29.3 Å². The fourth-order valence-electron chi connectivity index (χ4n) is 8.18. The average molecular weight is 889 g/mol. The van der Waals surface area contributed by atoms with Crippen LogP contribution in [0.1, 0.15) is 38.9 Å². The Labute approximate surface area is 364 Å². The van der Waals surface area contributed by atoms with E-state index in [2.05, 4.69) is 62.4 Å². The third-order valence-electron chi connectivity index (χ3n) is 10.8. The molecule has 11 heteroatoms. The lowest BCUT2D eigenvalue weighted by Gasteiger charge is -2.38. The van der Waals surface area contributed by atoms with E-state index >= 15 is 0 Å². The summed E-state index contributed by atoms with van der Waals surface area (Å²) in [5.41, 5.74) is 4.17. The summed E-state index contributed by atoms with van der Waals surface area (Å²) in [5.74, 6) is 0.223. The Kier molecular flexibility index (Phi) is 11.0. The number of benzene rings is 7. The molecule has 0 radical (unpaired) electrons. The van der Waals surface area contributed by atoms with Crippen LogP contribution in [0.4, 0.5) is 19.0 Å². The highest BCUT2D eigenvalue weighted by molar-refractivity contribution is 9.10. The number of anilines is 1. The van der Waals surface area contributed by atoms with Gasteiger partial charge in [-0.2, -0.15) is 0 Å². The highest BCUT2D eigenvalue weighted by Gasteiger charge is 2.43. The third kappa shape index (κ3) is 7.67. The van der Waals surface area contributed by atoms with Gasteiger partial charge in [0.15, 0.2) is 16.9 Å². The monoisotopic (exact) mass is 887 g/mol. The zero-order valence-electron chi connectivity index (χ0n) is 33.0. The Morgan fingerprint density at radius 3 is 1.40 bits per heavy atom. The Bertz CT molecular complexity index is 2710. The number of aromatic nitrogens is 4. The Morgan fingerprint density at radius 2 is 0.968 bits per heavy atom. The van der Waals surface area contributed by atoms with E-state index in [9.17, 15) is 13.2 Å². The first-order chi connectivity index (χ1) is 30.3. The van der Waals surface area contributed by atoms with Crippen LogP contribution in [0.3, 0.4) is 0 Å². The number of alkyl halides is 3. The molecule has 2 aromatic heterocycles. The molecule has 0 saturated carbocycles. The summed E-state index contributed by atoms with van der Waals surface area (Å²) in [7, 11) is 0. The summed E-state index contributed by atoms with van der Waals surface area (Å²) in [6.45, 7) is -0.299. The first-order valence-electron chi connectivity index (χ1n) is 19.8. The molecule has 0 amide bonds. The molecule has 0 bridgehead atoms. The predicted octanol–water partition coefficient (Wildman–Crippen LogP) is 12.3. The fraction of sp³-hybridized carbons (Fsp3) is 0.0784. The molecular formula is C51H37BrF3N5O2. The van der Waals surface area contributed by atoms with Crippen molar-refractivity contribution in [3.63, 3.8) is 0 Å². The molecule has 7 nitrogen and oxygen atoms in total. The Morgan fingerprint density at radius 1 is 0.532 bits per heavy atom. The van der Waals surface area contributed by atoms with Crippen molar-refractivity contribution in [3.05, 3.63) is 250 Å². The van der Waals surface area contributed by atoms with E-state index in [0.29, 0.717) is 21.5 Å². The van der Waals surface area contributed by atoms with Gasteiger partial charge < -0.3 is 14.8 Å². The van der Waals surface area contributed by atoms with Crippen molar-refractivity contribution >= 4 is 32.9 Å². The molecule has 0 saturated heterocycles. The molecule has 0 spiro atoms. The molecule has 0 aliphatic heterocycles. The number of rotatable bonds is 13. The van der Waals surface area contributed by atoms with E-state index in [0.717, 1.165) is 33.4 Å². The van der Waals surface area contributed by atoms with E-state index in [1.165, 1.54) is 12.1 Å². The summed E-state index contributed by atoms with van der Waals surface area (Å²) >= 11 is 3.28. The number of hydrogen-bond acceptors (Lipinski definition) is 6. The predicted molar refractivity (Wildman–Crippen MR) is 238 cm³/mol. The number of pyridine rings is 1. The van der Waals surface area contributed by atoms with Crippen LogP contribution in [-0.4, -0.2) is 26.3 Å².